The number of nitrogens with zero attached hydrogens (tertiary/aromatic N) is 2. The topological polar surface area (TPSA) is 6.48 Å². The highest BCUT2D eigenvalue weighted by atomic mass is 15.4. The zero-order chi connectivity index (χ0) is 14.3. The Morgan fingerprint density at radius 3 is 2.32 bits per heavy atom. The molecule has 3 aromatic rings. The molecule has 3 aromatic carbocycles. The summed E-state index contributed by atoms with van der Waals surface area (Å²) in [5.41, 5.74) is 9.74. The van der Waals surface area contributed by atoms with E-state index in [-0.39, 0.29) is 0 Å². The lowest BCUT2D eigenvalue weighted by atomic mass is 9.90. The quantitative estimate of drug-likeness (QED) is 0.582. The fourth-order valence-corrected chi connectivity index (χ4v) is 4.42. The lowest BCUT2D eigenvalue weighted by molar-refractivity contribution is 0.714. The van der Waals surface area contributed by atoms with Crippen LogP contribution in [-0.2, 0) is 6.54 Å². The first-order chi connectivity index (χ1) is 10.9. The summed E-state index contributed by atoms with van der Waals surface area (Å²) in [4.78, 5) is 5.06. The molecular formula is C20H14N2. The average molecular weight is 282 g/mol. The third-order valence-corrected chi connectivity index (χ3v) is 5.24. The number of para-hydroxylation sites is 3. The van der Waals surface area contributed by atoms with Crippen molar-refractivity contribution in [2.75, 3.05) is 9.80 Å². The number of hydrogen-bond donors (Lipinski definition) is 0. The predicted molar refractivity (Wildman–Crippen MR) is 89.4 cm³/mol. The molecule has 0 saturated heterocycles. The van der Waals surface area contributed by atoms with Crippen LogP contribution in [0.4, 0.5) is 17.1 Å². The van der Waals surface area contributed by atoms with Gasteiger partial charge in [-0.05, 0) is 29.3 Å². The lowest BCUT2D eigenvalue weighted by Crippen LogP contribution is -2.30. The van der Waals surface area contributed by atoms with Gasteiger partial charge in [0.2, 0.25) is 0 Å². The maximum atomic E-state index is 2.54. The highest BCUT2D eigenvalue weighted by molar-refractivity contribution is 5.96. The summed E-state index contributed by atoms with van der Waals surface area (Å²) >= 11 is 0. The summed E-state index contributed by atoms with van der Waals surface area (Å²) in [6.07, 6.45) is 0.332. The Labute approximate surface area is 129 Å². The molecule has 2 nitrogen and oxygen atoms in total. The van der Waals surface area contributed by atoms with Gasteiger partial charge in [-0.3, -0.25) is 0 Å². The molecule has 0 saturated carbocycles. The second-order valence-electron chi connectivity index (χ2n) is 6.26. The van der Waals surface area contributed by atoms with Gasteiger partial charge in [-0.2, -0.15) is 0 Å². The van der Waals surface area contributed by atoms with Crippen LogP contribution in [0.3, 0.4) is 0 Å². The third-order valence-electron chi connectivity index (χ3n) is 5.24. The largest absolute Gasteiger partial charge is 0.341 e. The molecule has 1 atom stereocenters. The van der Waals surface area contributed by atoms with Gasteiger partial charge in [0.15, 0.2) is 0 Å². The van der Waals surface area contributed by atoms with Gasteiger partial charge < -0.3 is 9.80 Å². The van der Waals surface area contributed by atoms with Crippen molar-refractivity contribution < 1.29 is 0 Å². The third kappa shape index (κ3) is 1.07. The Morgan fingerprint density at radius 2 is 1.41 bits per heavy atom. The molecule has 3 aliphatic heterocycles. The second kappa shape index (κ2) is 3.53. The molecule has 104 valence electrons. The van der Waals surface area contributed by atoms with E-state index in [1.54, 1.807) is 0 Å². The van der Waals surface area contributed by atoms with E-state index in [2.05, 4.69) is 76.5 Å². The minimum absolute atomic E-state index is 0.332. The standard InChI is InChI=1S/C20H14N2/c1-2-9-16-14(7-1)15-8-5-6-13-12-21-17-10-3-4-11-18(17)22(16)20(21)19(13)15/h1-11,20H,12H2. The fourth-order valence-electron chi connectivity index (χ4n) is 4.42. The summed E-state index contributed by atoms with van der Waals surface area (Å²) < 4.78 is 0. The molecule has 1 unspecified atom stereocenters. The molecule has 0 aliphatic carbocycles. The summed E-state index contributed by atoms with van der Waals surface area (Å²) in [6.45, 7) is 1.01. The number of benzene rings is 3. The van der Waals surface area contributed by atoms with E-state index in [0.717, 1.165) is 6.54 Å². The van der Waals surface area contributed by atoms with Crippen LogP contribution in [0, 0.1) is 0 Å². The van der Waals surface area contributed by atoms with Crippen LogP contribution < -0.4 is 9.80 Å². The minimum atomic E-state index is 0.332. The SMILES string of the molecule is c1ccc2c(c1)-c1cccc3c1C1N(C3)c3ccccc3N21. The first kappa shape index (κ1) is 10.9. The Hall–Kier alpha value is -2.74. The Morgan fingerprint density at radius 1 is 0.682 bits per heavy atom. The maximum absolute atomic E-state index is 2.54. The number of rotatable bonds is 0. The van der Waals surface area contributed by atoms with Crippen molar-refractivity contribution in [1.29, 1.82) is 0 Å². The van der Waals surface area contributed by atoms with E-state index >= 15 is 0 Å². The molecule has 0 fully saturated rings. The van der Waals surface area contributed by atoms with Crippen molar-refractivity contribution in [1.82, 2.24) is 0 Å². The van der Waals surface area contributed by atoms with Gasteiger partial charge in [0.1, 0.15) is 6.17 Å². The van der Waals surface area contributed by atoms with Crippen molar-refractivity contribution in [3.05, 3.63) is 77.9 Å². The molecule has 0 aromatic heterocycles. The lowest BCUT2D eigenvalue weighted by Gasteiger charge is -2.35. The van der Waals surface area contributed by atoms with Crippen LogP contribution in [0.5, 0.6) is 0 Å². The summed E-state index contributed by atoms with van der Waals surface area (Å²) in [7, 11) is 0. The summed E-state index contributed by atoms with van der Waals surface area (Å²) in [5, 5.41) is 0. The zero-order valence-electron chi connectivity index (χ0n) is 12.0. The molecule has 2 heteroatoms. The van der Waals surface area contributed by atoms with Gasteiger partial charge >= 0.3 is 0 Å². The van der Waals surface area contributed by atoms with E-state index in [4.69, 9.17) is 0 Å². The monoisotopic (exact) mass is 282 g/mol. The normalized spacial score (nSPS) is 19.0. The summed E-state index contributed by atoms with van der Waals surface area (Å²) in [6, 6.07) is 24.4. The molecule has 0 amide bonds. The molecule has 22 heavy (non-hydrogen) atoms. The first-order valence-corrected chi connectivity index (χ1v) is 7.79. The molecule has 3 aliphatic rings. The molecule has 3 heterocycles. The van der Waals surface area contributed by atoms with Gasteiger partial charge in [0.05, 0.1) is 17.1 Å². The van der Waals surface area contributed by atoms with Crippen LogP contribution >= 0.6 is 0 Å². The smallest absolute Gasteiger partial charge is 0.134 e. The van der Waals surface area contributed by atoms with E-state index in [0.29, 0.717) is 6.17 Å². The van der Waals surface area contributed by atoms with Gasteiger partial charge in [-0.25, -0.2) is 0 Å². The van der Waals surface area contributed by atoms with Gasteiger partial charge in [0, 0.05) is 17.7 Å². The molecule has 6 rings (SSSR count). The highest BCUT2D eigenvalue weighted by Crippen LogP contribution is 2.60. The number of fused-ring (bicyclic) bond motifs is 6. The van der Waals surface area contributed by atoms with Crippen LogP contribution in [0.1, 0.15) is 17.3 Å². The van der Waals surface area contributed by atoms with Crippen molar-refractivity contribution in [3.63, 3.8) is 0 Å². The summed E-state index contributed by atoms with van der Waals surface area (Å²) in [5.74, 6) is 0. The second-order valence-corrected chi connectivity index (χ2v) is 6.26. The fraction of sp³-hybridized carbons (Fsp3) is 0.100. The van der Waals surface area contributed by atoms with Crippen molar-refractivity contribution in [3.8, 4) is 11.1 Å². The van der Waals surface area contributed by atoms with Crippen molar-refractivity contribution >= 4 is 17.1 Å². The van der Waals surface area contributed by atoms with E-state index < -0.39 is 0 Å². The zero-order valence-corrected chi connectivity index (χ0v) is 12.0. The van der Waals surface area contributed by atoms with Crippen molar-refractivity contribution in [2.45, 2.75) is 12.7 Å². The molecule has 0 N–H and O–H groups in total. The molecule has 0 spiro atoms. The van der Waals surface area contributed by atoms with Crippen LogP contribution in [0.2, 0.25) is 0 Å². The first-order valence-electron chi connectivity index (χ1n) is 7.79. The van der Waals surface area contributed by atoms with E-state index in [1.165, 1.54) is 39.3 Å². The van der Waals surface area contributed by atoms with E-state index in [9.17, 15) is 0 Å². The van der Waals surface area contributed by atoms with Crippen LogP contribution in [0.25, 0.3) is 11.1 Å². The van der Waals surface area contributed by atoms with Gasteiger partial charge in [-0.1, -0.05) is 48.5 Å². The van der Waals surface area contributed by atoms with Gasteiger partial charge in [0.25, 0.3) is 0 Å². The Kier molecular flexibility index (Phi) is 1.75. The molecular weight excluding hydrogens is 268 g/mol. The van der Waals surface area contributed by atoms with Crippen LogP contribution in [0.15, 0.2) is 66.7 Å². The highest BCUT2D eigenvalue weighted by Gasteiger charge is 2.47. The Balaban J connectivity index is 1.78. The molecule has 0 bridgehead atoms. The van der Waals surface area contributed by atoms with Crippen molar-refractivity contribution in [2.24, 2.45) is 0 Å². The predicted octanol–water partition coefficient (Wildman–Crippen LogP) is 4.84. The Bertz CT molecular complexity index is 944. The van der Waals surface area contributed by atoms with Crippen LogP contribution in [-0.4, -0.2) is 0 Å². The average Bonchev–Trinajstić information content (AvgIpc) is 3.10. The minimum Gasteiger partial charge on any atom is -0.341 e. The number of anilines is 3. The van der Waals surface area contributed by atoms with E-state index in [1.807, 2.05) is 0 Å². The number of hydrogen-bond acceptors (Lipinski definition) is 2. The van der Waals surface area contributed by atoms with Gasteiger partial charge in [-0.15, -0.1) is 0 Å². The maximum Gasteiger partial charge on any atom is 0.134 e. The molecule has 0 radical (unpaired) electrons.